The third kappa shape index (κ3) is 4.48. The van der Waals surface area contributed by atoms with Crippen molar-refractivity contribution in [1.82, 2.24) is 25.2 Å². The fourth-order valence-electron chi connectivity index (χ4n) is 3.60. The third-order valence-corrected chi connectivity index (χ3v) is 5.54. The van der Waals surface area contributed by atoms with E-state index in [1.165, 1.54) is 0 Å². The second-order valence-electron chi connectivity index (χ2n) is 7.42. The van der Waals surface area contributed by atoms with Crippen molar-refractivity contribution in [3.05, 3.63) is 52.7 Å². The summed E-state index contributed by atoms with van der Waals surface area (Å²) in [5.74, 6) is 1.37. The minimum atomic E-state index is -0.242. The molecule has 0 spiro atoms. The second kappa shape index (κ2) is 9.08. The van der Waals surface area contributed by atoms with E-state index in [0.29, 0.717) is 60.0 Å². The summed E-state index contributed by atoms with van der Waals surface area (Å²) in [6.07, 6.45) is 1.71. The van der Waals surface area contributed by atoms with Crippen LogP contribution in [0.5, 0.6) is 11.5 Å². The molecule has 3 aromatic rings. The van der Waals surface area contributed by atoms with E-state index in [2.05, 4.69) is 20.6 Å². The van der Waals surface area contributed by atoms with Gasteiger partial charge in [-0.05, 0) is 42.0 Å². The molecule has 3 heterocycles. The van der Waals surface area contributed by atoms with E-state index in [4.69, 9.17) is 25.8 Å². The number of rotatable bonds is 5. The van der Waals surface area contributed by atoms with Crippen LogP contribution in [0.4, 0.5) is 0 Å². The van der Waals surface area contributed by atoms with Crippen LogP contribution in [0.2, 0.25) is 5.02 Å². The van der Waals surface area contributed by atoms with Crippen LogP contribution in [0, 0.1) is 0 Å². The zero-order valence-electron chi connectivity index (χ0n) is 17.8. The number of aromatic nitrogens is 3. The zero-order valence-corrected chi connectivity index (χ0v) is 18.6. The Balaban J connectivity index is 1.32. The highest BCUT2D eigenvalue weighted by molar-refractivity contribution is 6.31. The molecular formula is C22H21ClN6O4. The van der Waals surface area contributed by atoms with Crippen molar-refractivity contribution in [3.8, 4) is 11.5 Å². The van der Waals surface area contributed by atoms with Crippen LogP contribution >= 0.6 is 11.6 Å². The first kappa shape index (κ1) is 21.2. The molecule has 0 bridgehead atoms. The minimum absolute atomic E-state index is 0.143. The summed E-state index contributed by atoms with van der Waals surface area (Å²) in [6, 6.07) is 10.8. The monoisotopic (exact) mass is 468 g/mol. The Labute approximate surface area is 194 Å². The Morgan fingerprint density at radius 1 is 1.18 bits per heavy atom. The molecule has 0 aliphatic carbocycles. The molecule has 11 heteroatoms. The zero-order chi connectivity index (χ0) is 22.8. The quantitative estimate of drug-likeness (QED) is 0.573. The van der Waals surface area contributed by atoms with Crippen LogP contribution in [0.25, 0.3) is 17.1 Å². The fraction of sp³-hybridized carbons (Fsp3) is 0.273. The van der Waals surface area contributed by atoms with Crippen molar-refractivity contribution < 1.29 is 19.0 Å². The largest absolute Gasteiger partial charge is 0.493 e. The van der Waals surface area contributed by atoms with E-state index in [1.807, 2.05) is 17.0 Å². The van der Waals surface area contributed by atoms with Gasteiger partial charge in [0.2, 0.25) is 5.96 Å². The molecule has 2 aliphatic rings. The molecule has 10 nitrogen and oxygen atoms in total. The SMILES string of the molecule is COc1cc(C=C2N=C(N3CCOCC3)NC2=O)ccc1OCn1nnc2cc(Cl)ccc21. The number of fused-ring (bicyclic) bond motifs is 1. The summed E-state index contributed by atoms with van der Waals surface area (Å²) < 4.78 is 18.4. The molecule has 0 unspecified atom stereocenters. The number of guanidine groups is 1. The molecule has 2 aliphatic heterocycles. The molecule has 0 saturated carbocycles. The summed E-state index contributed by atoms with van der Waals surface area (Å²) >= 11 is 6.00. The molecule has 1 amide bonds. The highest BCUT2D eigenvalue weighted by Gasteiger charge is 2.25. The Morgan fingerprint density at radius 3 is 2.85 bits per heavy atom. The molecule has 0 radical (unpaired) electrons. The van der Waals surface area contributed by atoms with Crippen molar-refractivity contribution in [2.45, 2.75) is 6.73 Å². The Hall–Kier alpha value is -3.63. The number of carbonyl (C=O) groups is 1. The summed E-state index contributed by atoms with van der Waals surface area (Å²) in [7, 11) is 1.56. The molecule has 33 heavy (non-hydrogen) atoms. The number of nitrogens with one attached hydrogen (secondary N) is 1. The van der Waals surface area contributed by atoms with E-state index in [0.717, 1.165) is 11.1 Å². The lowest BCUT2D eigenvalue weighted by Gasteiger charge is -2.27. The van der Waals surface area contributed by atoms with Gasteiger partial charge in [0.1, 0.15) is 11.2 Å². The lowest BCUT2D eigenvalue weighted by molar-refractivity contribution is -0.115. The number of carbonyl (C=O) groups excluding carboxylic acids is 1. The van der Waals surface area contributed by atoms with E-state index < -0.39 is 0 Å². The summed E-state index contributed by atoms with van der Waals surface area (Å²) in [5.41, 5.74) is 2.59. The number of hydrogen-bond donors (Lipinski definition) is 1. The van der Waals surface area contributed by atoms with Gasteiger partial charge in [0.15, 0.2) is 18.2 Å². The van der Waals surface area contributed by atoms with Gasteiger partial charge in [-0.25, -0.2) is 9.67 Å². The lowest BCUT2D eigenvalue weighted by atomic mass is 10.1. The third-order valence-electron chi connectivity index (χ3n) is 5.30. The van der Waals surface area contributed by atoms with E-state index >= 15 is 0 Å². The molecule has 2 aromatic carbocycles. The molecular weight excluding hydrogens is 448 g/mol. The van der Waals surface area contributed by atoms with Crippen molar-refractivity contribution in [1.29, 1.82) is 0 Å². The molecule has 1 N–H and O–H groups in total. The van der Waals surface area contributed by atoms with Gasteiger partial charge in [-0.3, -0.25) is 10.1 Å². The van der Waals surface area contributed by atoms with Crippen LogP contribution in [0.1, 0.15) is 5.56 Å². The normalized spacial score (nSPS) is 17.4. The van der Waals surface area contributed by atoms with E-state index in [-0.39, 0.29) is 12.6 Å². The number of nitrogens with zero attached hydrogens (tertiary/aromatic N) is 5. The average Bonchev–Trinajstić information content (AvgIpc) is 3.41. The minimum Gasteiger partial charge on any atom is -0.493 e. The molecule has 170 valence electrons. The average molecular weight is 469 g/mol. The molecule has 1 saturated heterocycles. The maximum atomic E-state index is 12.4. The van der Waals surface area contributed by atoms with Gasteiger partial charge in [-0.1, -0.05) is 22.9 Å². The molecule has 1 aromatic heterocycles. The molecule has 0 atom stereocenters. The van der Waals surface area contributed by atoms with Gasteiger partial charge in [0.05, 0.1) is 25.8 Å². The molecule has 5 rings (SSSR count). The first-order valence-electron chi connectivity index (χ1n) is 10.3. The molecule has 1 fully saturated rings. The number of methoxy groups -OCH3 is 1. The second-order valence-corrected chi connectivity index (χ2v) is 7.86. The summed E-state index contributed by atoms with van der Waals surface area (Å²) in [4.78, 5) is 18.8. The predicted octanol–water partition coefficient (Wildman–Crippen LogP) is 2.29. The van der Waals surface area contributed by atoms with Crippen molar-refractivity contribution in [3.63, 3.8) is 0 Å². The van der Waals surface area contributed by atoms with Gasteiger partial charge in [0, 0.05) is 18.1 Å². The van der Waals surface area contributed by atoms with E-state index in [9.17, 15) is 4.79 Å². The predicted molar refractivity (Wildman–Crippen MR) is 122 cm³/mol. The number of morpholine rings is 1. The topological polar surface area (TPSA) is 103 Å². The van der Waals surface area contributed by atoms with Gasteiger partial charge in [0.25, 0.3) is 5.91 Å². The number of aliphatic imine (C=N–C) groups is 1. The maximum Gasteiger partial charge on any atom is 0.276 e. The lowest BCUT2D eigenvalue weighted by Crippen LogP contribution is -2.46. The number of ether oxygens (including phenoxy) is 3. The van der Waals surface area contributed by atoms with Crippen LogP contribution in [0.15, 0.2) is 47.1 Å². The van der Waals surface area contributed by atoms with Gasteiger partial charge in [-0.15, -0.1) is 5.10 Å². The fourth-order valence-corrected chi connectivity index (χ4v) is 3.77. The van der Waals surface area contributed by atoms with Crippen molar-refractivity contribution in [2.75, 3.05) is 33.4 Å². The highest BCUT2D eigenvalue weighted by Crippen LogP contribution is 2.30. The first-order chi connectivity index (χ1) is 16.1. The van der Waals surface area contributed by atoms with Crippen LogP contribution in [0.3, 0.4) is 0 Å². The maximum absolute atomic E-state index is 12.4. The van der Waals surface area contributed by atoms with Gasteiger partial charge in [-0.2, -0.15) is 0 Å². The Kier molecular flexibility index (Phi) is 5.84. The van der Waals surface area contributed by atoms with Crippen LogP contribution < -0.4 is 14.8 Å². The van der Waals surface area contributed by atoms with Gasteiger partial charge >= 0.3 is 0 Å². The van der Waals surface area contributed by atoms with Crippen molar-refractivity contribution in [2.24, 2.45) is 4.99 Å². The van der Waals surface area contributed by atoms with Crippen LogP contribution in [-0.2, 0) is 16.3 Å². The number of benzene rings is 2. The summed E-state index contributed by atoms with van der Waals surface area (Å²) in [5, 5.41) is 11.6. The number of halogens is 1. The number of amides is 1. The first-order valence-corrected chi connectivity index (χ1v) is 10.7. The summed E-state index contributed by atoms with van der Waals surface area (Å²) in [6.45, 7) is 2.76. The Morgan fingerprint density at radius 2 is 2.03 bits per heavy atom. The van der Waals surface area contributed by atoms with Crippen LogP contribution in [-0.4, -0.2) is 65.2 Å². The standard InChI is InChI=1S/C22H21ClN6O4/c1-31-20-11-14(10-17-21(30)25-22(24-17)28-6-8-32-9-7-28)2-5-19(20)33-13-29-18-4-3-15(23)12-16(18)26-27-29/h2-5,10-12H,6-9,13H2,1H3,(H,24,25,30). The highest BCUT2D eigenvalue weighted by atomic mass is 35.5. The smallest absolute Gasteiger partial charge is 0.276 e. The number of hydrogen-bond acceptors (Lipinski definition) is 8. The van der Waals surface area contributed by atoms with E-state index in [1.54, 1.807) is 42.1 Å². The van der Waals surface area contributed by atoms with Gasteiger partial charge < -0.3 is 19.1 Å². The van der Waals surface area contributed by atoms with Crippen molar-refractivity contribution >= 4 is 40.6 Å². The Bertz CT molecular complexity index is 1270.